The summed E-state index contributed by atoms with van der Waals surface area (Å²) in [6, 6.07) is 18.0. The van der Waals surface area contributed by atoms with Crippen LogP contribution in [0.1, 0.15) is 5.56 Å². The first-order valence-corrected chi connectivity index (χ1v) is 7.34. The first-order chi connectivity index (χ1) is 10.1. The van der Waals surface area contributed by atoms with Crippen LogP contribution < -0.4 is 0 Å². The van der Waals surface area contributed by atoms with E-state index in [1.54, 1.807) is 6.08 Å². The minimum atomic E-state index is -0.241. The van der Waals surface area contributed by atoms with E-state index < -0.39 is 0 Å². The molecule has 2 aromatic rings. The van der Waals surface area contributed by atoms with Crippen molar-refractivity contribution in [2.75, 3.05) is 7.05 Å². The van der Waals surface area contributed by atoms with E-state index in [1.165, 1.54) is 7.05 Å². The highest BCUT2D eigenvalue weighted by molar-refractivity contribution is 8.18. The van der Waals surface area contributed by atoms with E-state index in [0.717, 1.165) is 33.4 Å². The maximum Gasteiger partial charge on any atom is 0.293 e. The molecule has 0 radical (unpaired) electrons. The maximum absolute atomic E-state index is 11.9. The summed E-state index contributed by atoms with van der Waals surface area (Å²) in [6.45, 7) is 0. The van der Waals surface area contributed by atoms with E-state index in [9.17, 15) is 9.59 Å². The summed E-state index contributed by atoms with van der Waals surface area (Å²) in [5, 5.41) is -0.231. The van der Waals surface area contributed by atoms with Crippen LogP contribution in [0.2, 0.25) is 0 Å². The van der Waals surface area contributed by atoms with Gasteiger partial charge in [-0.2, -0.15) is 0 Å². The molecule has 104 valence electrons. The van der Waals surface area contributed by atoms with Gasteiger partial charge in [0.15, 0.2) is 0 Å². The second kappa shape index (κ2) is 5.58. The Morgan fingerprint density at radius 3 is 2.33 bits per heavy atom. The fourth-order valence-electron chi connectivity index (χ4n) is 2.14. The van der Waals surface area contributed by atoms with E-state index in [-0.39, 0.29) is 11.1 Å². The number of benzene rings is 2. The third kappa shape index (κ3) is 2.76. The van der Waals surface area contributed by atoms with Crippen molar-refractivity contribution in [3.63, 3.8) is 0 Å². The molecule has 0 N–H and O–H groups in total. The summed E-state index contributed by atoms with van der Waals surface area (Å²) >= 11 is 0.977. The van der Waals surface area contributed by atoms with Crippen molar-refractivity contribution in [2.24, 2.45) is 0 Å². The Morgan fingerprint density at radius 1 is 0.952 bits per heavy atom. The van der Waals surface area contributed by atoms with Crippen LogP contribution in [0.5, 0.6) is 0 Å². The highest BCUT2D eigenvalue weighted by atomic mass is 32.2. The van der Waals surface area contributed by atoms with E-state index in [1.807, 2.05) is 54.6 Å². The van der Waals surface area contributed by atoms with Gasteiger partial charge in [0.1, 0.15) is 0 Å². The number of nitrogens with zero attached hydrogens (tertiary/aromatic N) is 1. The molecule has 1 aliphatic rings. The average Bonchev–Trinajstić information content (AvgIpc) is 2.76. The molecule has 1 fully saturated rings. The summed E-state index contributed by atoms with van der Waals surface area (Å²) in [7, 11) is 1.50. The van der Waals surface area contributed by atoms with Crippen molar-refractivity contribution in [3.8, 4) is 11.1 Å². The number of imide groups is 1. The molecular formula is C17H13NO2S. The molecule has 3 rings (SSSR count). The number of likely N-dealkylation sites (N-methyl/N-ethyl adjacent to an activating group) is 1. The fraction of sp³-hybridized carbons (Fsp3) is 0.0588. The van der Waals surface area contributed by atoms with Crippen molar-refractivity contribution in [2.45, 2.75) is 0 Å². The number of thioether (sulfide) groups is 1. The number of amides is 2. The van der Waals surface area contributed by atoms with Gasteiger partial charge in [0.2, 0.25) is 0 Å². The minimum absolute atomic E-state index is 0.231. The molecule has 21 heavy (non-hydrogen) atoms. The molecule has 1 aliphatic heterocycles. The molecule has 3 nitrogen and oxygen atoms in total. The predicted molar refractivity (Wildman–Crippen MR) is 85.6 cm³/mol. The second-order valence-corrected chi connectivity index (χ2v) is 5.73. The molecule has 0 aromatic heterocycles. The number of hydrogen-bond acceptors (Lipinski definition) is 3. The van der Waals surface area contributed by atoms with Crippen LogP contribution in [0, 0.1) is 0 Å². The van der Waals surface area contributed by atoms with Gasteiger partial charge in [-0.25, -0.2) is 0 Å². The van der Waals surface area contributed by atoms with Crippen LogP contribution in [-0.2, 0) is 4.79 Å². The molecular weight excluding hydrogens is 282 g/mol. The van der Waals surface area contributed by atoms with E-state index in [2.05, 4.69) is 0 Å². The van der Waals surface area contributed by atoms with Crippen molar-refractivity contribution in [1.82, 2.24) is 4.90 Å². The third-order valence-corrected chi connectivity index (χ3v) is 4.24. The van der Waals surface area contributed by atoms with Gasteiger partial charge in [-0.1, -0.05) is 48.5 Å². The summed E-state index contributed by atoms with van der Waals surface area (Å²) in [5.41, 5.74) is 3.12. The Bertz CT molecular complexity index is 737. The lowest BCUT2D eigenvalue weighted by Gasteiger charge is -2.03. The molecule has 0 aliphatic carbocycles. The van der Waals surface area contributed by atoms with Gasteiger partial charge < -0.3 is 0 Å². The summed E-state index contributed by atoms with van der Waals surface area (Å²) in [4.78, 5) is 25.0. The zero-order chi connectivity index (χ0) is 14.8. The molecule has 0 saturated carbocycles. The standard InChI is InChI=1S/C17H13NO2S/c1-18-16(19)15(21-17(18)20)11-12-6-5-9-14(10-12)13-7-3-2-4-8-13/h2-11H,1H3/b15-11-. The van der Waals surface area contributed by atoms with Crippen molar-refractivity contribution in [3.05, 3.63) is 65.1 Å². The fourth-order valence-corrected chi connectivity index (χ4v) is 2.96. The molecule has 0 bridgehead atoms. The minimum Gasteiger partial charge on any atom is -0.272 e. The SMILES string of the molecule is CN1C(=O)S/C(=C\c2cccc(-c3ccccc3)c2)C1=O. The van der Waals surface area contributed by atoms with Crippen LogP contribution in [-0.4, -0.2) is 23.1 Å². The molecule has 1 saturated heterocycles. The predicted octanol–water partition coefficient (Wildman–Crippen LogP) is 4.02. The molecule has 0 spiro atoms. The summed E-state index contributed by atoms with van der Waals surface area (Å²) < 4.78 is 0. The van der Waals surface area contributed by atoms with Gasteiger partial charge in [-0.05, 0) is 40.6 Å². The highest BCUT2D eigenvalue weighted by Crippen LogP contribution is 2.31. The Hall–Kier alpha value is -2.33. The molecule has 0 unspecified atom stereocenters. The number of carbonyl (C=O) groups is 2. The Morgan fingerprint density at radius 2 is 1.67 bits per heavy atom. The third-order valence-electron chi connectivity index (χ3n) is 3.28. The quantitative estimate of drug-likeness (QED) is 0.785. The zero-order valence-corrected chi connectivity index (χ0v) is 12.3. The molecule has 0 atom stereocenters. The highest BCUT2D eigenvalue weighted by Gasteiger charge is 2.31. The Labute approximate surface area is 127 Å². The van der Waals surface area contributed by atoms with E-state index in [4.69, 9.17) is 0 Å². The topological polar surface area (TPSA) is 37.4 Å². The molecule has 1 heterocycles. The first-order valence-electron chi connectivity index (χ1n) is 6.52. The summed E-state index contributed by atoms with van der Waals surface area (Å²) in [6.07, 6.45) is 1.76. The van der Waals surface area contributed by atoms with Gasteiger partial charge in [0, 0.05) is 7.05 Å². The molecule has 2 aromatic carbocycles. The number of hydrogen-bond donors (Lipinski definition) is 0. The Balaban J connectivity index is 1.95. The van der Waals surface area contributed by atoms with Crippen LogP contribution >= 0.6 is 11.8 Å². The smallest absolute Gasteiger partial charge is 0.272 e. The van der Waals surface area contributed by atoms with Gasteiger partial charge >= 0.3 is 0 Å². The zero-order valence-electron chi connectivity index (χ0n) is 11.4. The van der Waals surface area contributed by atoms with Crippen molar-refractivity contribution >= 4 is 29.0 Å². The lowest BCUT2D eigenvalue weighted by Crippen LogP contribution is -2.22. The molecule has 2 amide bonds. The largest absolute Gasteiger partial charge is 0.293 e. The number of rotatable bonds is 2. The monoisotopic (exact) mass is 295 g/mol. The number of carbonyl (C=O) groups excluding carboxylic acids is 2. The van der Waals surface area contributed by atoms with Crippen LogP contribution in [0.3, 0.4) is 0 Å². The van der Waals surface area contributed by atoms with Crippen LogP contribution in [0.25, 0.3) is 17.2 Å². The van der Waals surface area contributed by atoms with Crippen LogP contribution in [0.4, 0.5) is 4.79 Å². The van der Waals surface area contributed by atoms with Gasteiger partial charge in [0.05, 0.1) is 4.91 Å². The lowest BCUT2D eigenvalue weighted by molar-refractivity contribution is -0.121. The molecule has 4 heteroatoms. The van der Waals surface area contributed by atoms with E-state index in [0.29, 0.717) is 4.91 Å². The van der Waals surface area contributed by atoms with Crippen LogP contribution in [0.15, 0.2) is 59.5 Å². The van der Waals surface area contributed by atoms with Gasteiger partial charge in [-0.3, -0.25) is 14.5 Å². The average molecular weight is 295 g/mol. The summed E-state index contributed by atoms with van der Waals surface area (Å²) in [5.74, 6) is -0.241. The normalized spacial score (nSPS) is 16.8. The second-order valence-electron chi connectivity index (χ2n) is 4.73. The van der Waals surface area contributed by atoms with Crippen molar-refractivity contribution in [1.29, 1.82) is 0 Å². The first kappa shape index (κ1) is 13.6. The Kier molecular flexibility index (Phi) is 3.62. The van der Waals surface area contributed by atoms with Gasteiger partial charge in [-0.15, -0.1) is 0 Å². The lowest BCUT2D eigenvalue weighted by atomic mass is 10.0. The van der Waals surface area contributed by atoms with E-state index >= 15 is 0 Å². The van der Waals surface area contributed by atoms with Crippen molar-refractivity contribution < 1.29 is 9.59 Å². The van der Waals surface area contributed by atoms with Gasteiger partial charge in [0.25, 0.3) is 11.1 Å². The maximum atomic E-state index is 11.9.